The first-order chi connectivity index (χ1) is 7.52. The van der Waals surface area contributed by atoms with Crippen LogP contribution in [0, 0.1) is 0 Å². The Kier molecular flexibility index (Phi) is 3.77. The molecule has 4 nitrogen and oxygen atoms in total. The lowest BCUT2D eigenvalue weighted by molar-refractivity contribution is 0.0596. The second kappa shape index (κ2) is 4.88. The van der Waals surface area contributed by atoms with Crippen molar-refractivity contribution >= 4 is 5.97 Å². The molecule has 1 N–H and O–H groups in total. The maximum absolute atomic E-state index is 11.4. The zero-order valence-electron chi connectivity index (χ0n) is 9.90. The molecular formula is C12H16O4. The van der Waals surface area contributed by atoms with E-state index in [1.807, 2.05) is 13.8 Å². The second-order valence-corrected chi connectivity index (χ2v) is 3.73. The van der Waals surface area contributed by atoms with E-state index in [1.54, 1.807) is 12.1 Å². The lowest BCUT2D eigenvalue weighted by Gasteiger charge is -2.14. The second-order valence-electron chi connectivity index (χ2n) is 3.73. The number of carbonyl (C=O) groups excluding carboxylic acids is 1. The van der Waals surface area contributed by atoms with Crippen LogP contribution in [0.5, 0.6) is 11.5 Å². The van der Waals surface area contributed by atoms with Gasteiger partial charge in [-0.2, -0.15) is 0 Å². The summed E-state index contributed by atoms with van der Waals surface area (Å²) in [7, 11) is 2.70. The molecular weight excluding hydrogens is 208 g/mol. The van der Waals surface area contributed by atoms with E-state index in [0.717, 1.165) is 5.56 Å². The standard InChI is InChI=1S/C12H16O4/c1-7(2)8-5-6-9(12(14)16-4)11(15-3)10(8)13/h5-7,13H,1-4H3. The lowest BCUT2D eigenvalue weighted by Crippen LogP contribution is -2.05. The Bertz CT molecular complexity index is 396. The number of hydrogen-bond acceptors (Lipinski definition) is 4. The maximum Gasteiger partial charge on any atom is 0.341 e. The van der Waals surface area contributed by atoms with Gasteiger partial charge in [-0.25, -0.2) is 4.79 Å². The maximum atomic E-state index is 11.4. The van der Waals surface area contributed by atoms with Gasteiger partial charge in [0.1, 0.15) is 5.56 Å². The number of phenolic OH excluding ortho intramolecular Hbond substituents is 1. The van der Waals surface area contributed by atoms with Crippen LogP contribution in [0.4, 0.5) is 0 Å². The molecule has 1 aromatic carbocycles. The summed E-state index contributed by atoms with van der Waals surface area (Å²) in [5, 5.41) is 9.95. The largest absolute Gasteiger partial charge is 0.504 e. The Morgan fingerprint density at radius 3 is 2.38 bits per heavy atom. The highest BCUT2D eigenvalue weighted by molar-refractivity contribution is 5.93. The Balaban J connectivity index is 3.35. The highest BCUT2D eigenvalue weighted by atomic mass is 16.5. The first-order valence-corrected chi connectivity index (χ1v) is 5.01. The number of carbonyl (C=O) groups is 1. The van der Waals surface area contributed by atoms with Gasteiger partial charge in [-0.05, 0) is 12.0 Å². The highest BCUT2D eigenvalue weighted by Gasteiger charge is 2.20. The van der Waals surface area contributed by atoms with E-state index < -0.39 is 5.97 Å². The van der Waals surface area contributed by atoms with Gasteiger partial charge in [-0.1, -0.05) is 19.9 Å². The van der Waals surface area contributed by atoms with Crippen molar-refractivity contribution in [3.05, 3.63) is 23.3 Å². The van der Waals surface area contributed by atoms with E-state index >= 15 is 0 Å². The normalized spacial score (nSPS) is 10.3. The number of phenols is 1. The van der Waals surface area contributed by atoms with Gasteiger partial charge < -0.3 is 14.6 Å². The molecule has 0 spiro atoms. The van der Waals surface area contributed by atoms with Crippen LogP contribution >= 0.6 is 0 Å². The molecule has 0 atom stereocenters. The molecule has 88 valence electrons. The van der Waals surface area contributed by atoms with Crippen molar-refractivity contribution in [2.75, 3.05) is 14.2 Å². The fourth-order valence-corrected chi connectivity index (χ4v) is 1.53. The van der Waals surface area contributed by atoms with Crippen molar-refractivity contribution in [2.45, 2.75) is 19.8 Å². The summed E-state index contributed by atoms with van der Waals surface area (Å²) in [6.07, 6.45) is 0. The van der Waals surface area contributed by atoms with Crippen molar-refractivity contribution in [3.8, 4) is 11.5 Å². The average Bonchev–Trinajstić information content (AvgIpc) is 2.26. The Morgan fingerprint density at radius 2 is 1.94 bits per heavy atom. The molecule has 4 heteroatoms. The zero-order chi connectivity index (χ0) is 12.3. The van der Waals surface area contributed by atoms with Crippen LogP contribution in [0.15, 0.2) is 12.1 Å². The van der Waals surface area contributed by atoms with E-state index in [0.29, 0.717) is 0 Å². The van der Waals surface area contributed by atoms with Gasteiger partial charge in [0, 0.05) is 5.56 Å². The summed E-state index contributed by atoms with van der Waals surface area (Å²) >= 11 is 0. The van der Waals surface area contributed by atoms with Crippen molar-refractivity contribution in [3.63, 3.8) is 0 Å². The van der Waals surface area contributed by atoms with Gasteiger partial charge in [0.2, 0.25) is 0 Å². The van der Waals surface area contributed by atoms with E-state index in [4.69, 9.17) is 4.74 Å². The molecule has 0 saturated heterocycles. The number of benzene rings is 1. The van der Waals surface area contributed by atoms with Gasteiger partial charge in [-0.15, -0.1) is 0 Å². The topological polar surface area (TPSA) is 55.8 Å². The molecule has 1 rings (SSSR count). The van der Waals surface area contributed by atoms with E-state index in [1.165, 1.54) is 14.2 Å². The smallest absolute Gasteiger partial charge is 0.341 e. The molecule has 16 heavy (non-hydrogen) atoms. The fourth-order valence-electron chi connectivity index (χ4n) is 1.53. The quantitative estimate of drug-likeness (QED) is 0.800. The third kappa shape index (κ3) is 2.10. The average molecular weight is 224 g/mol. The van der Waals surface area contributed by atoms with Crippen LogP contribution in [0.25, 0.3) is 0 Å². The molecule has 0 aliphatic rings. The molecule has 0 fully saturated rings. The molecule has 0 bridgehead atoms. The minimum Gasteiger partial charge on any atom is -0.504 e. The first kappa shape index (κ1) is 12.4. The van der Waals surface area contributed by atoms with E-state index in [-0.39, 0.29) is 23.0 Å². The van der Waals surface area contributed by atoms with Gasteiger partial charge in [0.05, 0.1) is 14.2 Å². The molecule has 0 heterocycles. The van der Waals surface area contributed by atoms with Crippen LogP contribution in [0.2, 0.25) is 0 Å². The predicted octanol–water partition coefficient (Wildman–Crippen LogP) is 2.31. The van der Waals surface area contributed by atoms with Gasteiger partial charge in [-0.3, -0.25) is 0 Å². The number of methoxy groups -OCH3 is 2. The third-order valence-corrected chi connectivity index (χ3v) is 2.39. The summed E-state index contributed by atoms with van der Waals surface area (Å²) < 4.78 is 9.64. The molecule has 1 aromatic rings. The molecule has 0 radical (unpaired) electrons. The molecule has 0 aromatic heterocycles. The van der Waals surface area contributed by atoms with Crippen LogP contribution in [-0.4, -0.2) is 25.3 Å². The number of aromatic hydroxyl groups is 1. The summed E-state index contributed by atoms with van der Waals surface area (Å²) in [6, 6.07) is 3.30. The Labute approximate surface area is 94.8 Å². The highest BCUT2D eigenvalue weighted by Crippen LogP contribution is 2.37. The number of ether oxygens (including phenoxy) is 2. The monoisotopic (exact) mass is 224 g/mol. The fraction of sp³-hybridized carbons (Fsp3) is 0.417. The van der Waals surface area contributed by atoms with Crippen LogP contribution in [0.3, 0.4) is 0 Å². The summed E-state index contributed by atoms with van der Waals surface area (Å²) in [4.78, 5) is 11.4. The van der Waals surface area contributed by atoms with Gasteiger partial charge in [0.25, 0.3) is 0 Å². The Hall–Kier alpha value is -1.71. The minimum absolute atomic E-state index is 0.000370. The first-order valence-electron chi connectivity index (χ1n) is 5.01. The summed E-state index contributed by atoms with van der Waals surface area (Å²) in [5.74, 6) is -0.207. The molecule has 0 saturated carbocycles. The van der Waals surface area contributed by atoms with Crippen molar-refractivity contribution in [1.82, 2.24) is 0 Å². The molecule has 0 amide bonds. The lowest BCUT2D eigenvalue weighted by atomic mass is 9.99. The number of esters is 1. The van der Waals surface area contributed by atoms with Crippen LogP contribution < -0.4 is 4.74 Å². The van der Waals surface area contributed by atoms with Crippen LogP contribution in [-0.2, 0) is 4.74 Å². The third-order valence-electron chi connectivity index (χ3n) is 2.39. The molecule has 0 unspecified atom stereocenters. The zero-order valence-corrected chi connectivity index (χ0v) is 9.90. The number of hydrogen-bond donors (Lipinski definition) is 1. The Morgan fingerprint density at radius 1 is 1.31 bits per heavy atom. The van der Waals surface area contributed by atoms with Crippen molar-refractivity contribution in [2.24, 2.45) is 0 Å². The van der Waals surface area contributed by atoms with Crippen molar-refractivity contribution < 1.29 is 19.4 Å². The summed E-state index contributed by atoms with van der Waals surface area (Å²) in [6.45, 7) is 3.90. The van der Waals surface area contributed by atoms with E-state index in [9.17, 15) is 9.90 Å². The SMILES string of the molecule is COC(=O)c1ccc(C(C)C)c(O)c1OC. The van der Waals surface area contributed by atoms with Gasteiger partial charge in [0.15, 0.2) is 11.5 Å². The number of rotatable bonds is 3. The molecule has 0 aliphatic heterocycles. The van der Waals surface area contributed by atoms with Gasteiger partial charge >= 0.3 is 5.97 Å². The molecule has 0 aliphatic carbocycles. The van der Waals surface area contributed by atoms with Crippen LogP contribution in [0.1, 0.15) is 35.7 Å². The summed E-state index contributed by atoms with van der Waals surface area (Å²) in [5.41, 5.74) is 0.969. The van der Waals surface area contributed by atoms with Crippen molar-refractivity contribution in [1.29, 1.82) is 0 Å². The minimum atomic E-state index is -0.526. The predicted molar refractivity (Wildman–Crippen MR) is 60.1 cm³/mol. The van der Waals surface area contributed by atoms with E-state index in [2.05, 4.69) is 4.74 Å².